The van der Waals surface area contributed by atoms with Crippen LogP contribution in [0.2, 0.25) is 0 Å². The molecule has 90 valence electrons. The summed E-state index contributed by atoms with van der Waals surface area (Å²) >= 11 is 0. The maximum atomic E-state index is 11.1. The van der Waals surface area contributed by atoms with Crippen molar-refractivity contribution in [2.24, 2.45) is 34.3 Å². The molecule has 0 saturated heterocycles. The van der Waals surface area contributed by atoms with Crippen LogP contribution in [0.4, 0.5) is 0 Å². The molecule has 0 unspecified atom stereocenters. The minimum absolute atomic E-state index is 0.0508. The van der Waals surface area contributed by atoms with E-state index in [-0.39, 0.29) is 5.41 Å². The second-order valence-electron chi connectivity index (χ2n) is 6.48. The largest absolute Gasteiger partial charge is 0.481 e. The van der Waals surface area contributed by atoms with Crippen LogP contribution in [0.25, 0.3) is 0 Å². The van der Waals surface area contributed by atoms with Gasteiger partial charge in [-0.2, -0.15) is 0 Å². The molecule has 0 aromatic heterocycles. The standard InChI is InChI=1S/C13H21NO2/c1-12-4-2-8-11(12)9(3-5-12)13(8,7-14)6-10(15)16/h8-9,11H,2-7,14H2,1H3,(H,15,16)/t8-,9+,11+,12-,13+. The van der Waals surface area contributed by atoms with E-state index in [4.69, 9.17) is 10.8 Å². The fourth-order valence-corrected chi connectivity index (χ4v) is 5.40. The first-order valence-corrected chi connectivity index (χ1v) is 6.45. The molecule has 0 heterocycles. The maximum Gasteiger partial charge on any atom is 0.303 e. The third kappa shape index (κ3) is 1.01. The topological polar surface area (TPSA) is 63.3 Å². The zero-order valence-electron chi connectivity index (χ0n) is 9.91. The second-order valence-corrected chi connectivity index (χ2v) is 6.48. The van der Waals surface area contributed by atoms with Gasteiger partial charge in [0, 0.05) is 0 Å². The average Bonchev–Trinajstić information content (AvgIpc) is 2.63. The lowest BCUT2D eigenvalue weighted by Gasteiger charge is -2.58. The minimum atomic E-state index is -0.663. The normalized spacial score (nSPS) is 53.5. The molecule has 0 bridgehead atoms. The summed E-state index contributed by atoms with van der Waals surface area (Å²) in [5.74, 6) is 1.33. The Morgan fingerprint density at radius 3 is 2.38 bits per heavy atom. The third-order valence-electron chi connectivity index (χ3n) is 6.06. The molecule has 3 N–H and O–H groups in total. The van der Waals surface area contributed by atoms with E-state index in [0.717, 1.165) is 5.92 Å². The van der Waals surface area contributed by atoms with E-state index in [1.807, 2.05) is 0 Å². The Kier molecular flexibility index (Phi) is 1.99. The zero-order valence-corrected chi connectivity index (χ0v) is 9.91. The van der Waals surface area contributed by atoms with E-state index in [9.17, 15) is 4.79 Å². The quantitative estimate of drug-likeness (QED) is 0.767. The van der Waals surface area contributed by atoms with E-state index in [0.29, 0.717) is 30.2 Å². The van der Waals surface area contributed by atoms with Crippen molar-refractivity contribution in [3.8, 4) is 0 Å². The number of hydrogen-bond donors (Lipinski definition) is 2. The van der Waals surface area contributed by atoms with Crippen LogP contribution in [-0.4, -0.2) is 17.6 Å². The number of rotatable bonds is 3. The van der Waals surface area contributed by atoms with Gasteiger partial charge in [0.15, 0.2) is 0 Å². The Morgan fingerprint density at radius 2 is 1.94 bits per heavy atom. The second kappa shape index (κ2) is 3.00. The van der Waals surface area contributed by atoms with Gasteiger partial charge in [0.25, 0.3) is 0 Å². The van der Waals surface area contributed by atoms with Crippen LogP contribution < -0.4 is 5.73 Å². The highest BCUT2D eigenvalue weighted by Gasteiger charge is 2.71. The average molecular weight is 223 g/mol. The smallest absolute Gasteiger partial charge is 0.303 e. The third-order valence-corrected chi connectivity index (χ3v) is 6.06. The molecule has 0 aromatic rings. The molecular formula is C13H21NO2. The lowest BCUT2D eigenvalue weighted by molar-refractivity contribution is -0.156. The van der Waals surface area contributed by atoms with Crippen LogP contribution in [0.3, 0.4) is 0 Å². The van der Waals surface area contributed by atoms with Crippen molar-refractivity contribution in [2.45, 2.75) is 39.0 Å². The molecule has 3 aliphatic carbocycles. The number of carbonyl (C=O) groups is 1. The lowest BCUT2D eigenvalue weighted by Crippen LogP contribution is -2.59. The molecule has 3 nitrogen and oxygen atoms in total. The maximum absolute atomic E-state index is 11.1. The van der Waals surface area contributed by atoms with Crippen molar-refractivity contribution in [1.82, 2.24) is 0 Å². The first kappa shape index (κ1) is 10.6. The Morgan fingerprint density at radius 1 is 1.38 bits per heavy atom. The number of carboxylic acid groups (broad SMARTS) is 1. The van der Waals surface area contributed by atoms with Crippen molar-refractivity contribution >= 4 is 5.97 Å². The van der Waals surface area contributed by atoms with Crippen molar-refractivity contribution in [3.05, 3.63) is 0 Å². The van der Waals surface area contributed by atoms with Gasteiger partial charge in [0.05, 0.1) is 6.42 Å². The lowest BCUT2D eigenvalue weighted by atomic mass is 9.46. The number of hydrogen-bond acceptors (Lipinski definition) is 2. The van der Waals surface area contributed by atoms with Crippen molar-refractivity contribution in [3.63, 3.8) is 0 Å². The molecule has 0 aromatic carbocycles. The Bertz CT molecular complexity index is 323. The summed E-state index contributed by atoms with van der Waals surface area (Å²) in [5.41, 5.74) is 6.41. The van der Waals surface area contributed by atoms with E-state index >= 15 is 0 Å². The molecule has 3 rings (SSSR count). The van der Waals surface area contributed by atoms with Crippen LogP contribution in [0, 0.1) is 28.6 Å². The molecule has 3 saturated carbocycles. The van der Waals surface area contributed by atoms with Crippen LogP contribution >= 0.6 is 0 Å². The van der Waals surface area contributed by atoms with Gasteiger partial charge >= 0.3 is 5.97 Å². The summed E-state index contributed by atoms with van der Waals surface area (Å²) in [6, 6.07) is 0. The Balaban J connectivity index is 1.91. The summed E-state index contributed by atoms with van der Waals surface area (Å²) in [5, 5.41) is 9.10. The summed E-state index contributed by atoms with van der Waals surface area (Å²) in [7, 11) is 0. The van der Waals surface area contributed by atoms with Gasteiger partial charge in [-0.3, -0.25) is 4.79 Å². The number of nitrogens with two attached hydrogens (primary N) is 1. The molecule has 0 amide bonds. The highest BCUT2D eigenvalue weighted by molar-refractivity contribution is 5.68. The fraction of sp³-hybridized carbons (Fsp3) is 0.923. The minimum Gasteiger partial charge on any atom is -0.481 e. The molecule has 0 spiro atoms. The van der Waals surface area contributed by atoms with E-state index in [2.05, 4.69) is 6.92 Å². The van der Waals surface area contributed by atoms with Gasteiger partial charge in [-0.15, -0.1) is 0 Å². The van der Waals surface area contributed by atoms with Crippen LogP contribution in [0.15, 0.2) is 0 Å². The van der Waals surface area contributed by atoms with E-state index in [1.165, 1.54) is 25.7 Å². The Hall–Kier alpha value is -0.570. The van der Waals surface area contributed by atoms with Gasteiger partial charge in [0.2, 0.25) is 0 Å². The van der Waals surface area contributed by atoms with Gasteiger partial charge in [-0.25, -0.2) is 0 Å². The van der Waals surface area contributed by atoms with Crippen LogP contribution in [-0.2, 0) is 4.79 Å². The Labute approximate surface area is 96.4 Å². The van der Waals surface area contributed by atoms with Crippen molar-refractivity contribution in [2.75, 3.05) is 6.54 Å². The first-order chi connectivity index (χ1) is 7.53. The van der Waals surface area contributed by atoms with Gasteiger partial charge < -0.3 is 10.8 Å². The molecule has 0 aliphatic heterocycles. The molecule has 3 fully saturated rings. The molecule has 3 heteroatoms. The van der Waals surface area contributed by atoms with E-state index < -0.39 is 5.97 Å². The van der Waals surface area contributed by atoms with Crippen LogP contribution in [0.1, 0.15) is 39.0 Å². The summed E-state index contributed by atoms with van der Waals surface area (Å²) in [4.78, 5) is 11.1. The van der Waals surface area contributed by atoms with E-state index in [1.54, 1.807) is 0 Å². The fourth-order valence-electron chi connectivity index (χ4n) is 5.40. The van der Waals surface area contributed by atoms with Gasteiger partial charge in [-0.05, 0) is 60.8 Å². The van der Waals surface area contributed by atoms with Crippen LogP contribution in [0.5, 0.6) is 0 Å². The first-order valence-electron chi connectivity index (χ1n) is 6.45. The van der Waals surface area contributed by atoms with Gasteiger partial charge in [0.1, 0.15) is 0 Å². The van der Waals surface area contributed by atoms with Crippen molar-refractivity contribution < 1.29 is 9.90 Å². The summed E-state index contributed by atoms with van der Waals surface area (Å²) < 4.78 is 0. The highest BCUT2D eigenvalue weighted by Crippen LogP contribution is 2.75. The predicted octanol–water partition coefficient (Wildman–Crippen LogP) is 1.86. The molecule has 16 heavy (non-hydrogen) atoms. The highest BCUT2D eigenvalue weighted by atomic mass is 16.4. The zero-order chi connectivity index (χ0) is 11.6. The summed E-state index contributed by atoms with van der Waals surface area (Å²) in [6.45, 7) is 2.97. The molecular weight excluding hydrogens is 202 g/mol. The van der Waals surface area contributed by atoms with Crippen molar-refractivity contribution in [1.29, 1.82) is 0 Å². The summed E-state index contributed by atoms with van der Waals surface area (Å²) in [6.07, 6.45) is 5.30. The predicted molar refractivity (Wildman–Crippen MR) is 60.8 cm³/mol. The SMILES string of the molecule is C[C@]12CC[C@@H]3[C@H]1[C@H](CC2)[C@]3(CN)CC(=O)O. The number of carboxylic acids is 1. The molecule has 0 radical (unpaired) electrons. The molecule has 3 aliphatic rings. The molecule has 5 atom stereocenters. The van der Waals surface area contributed by atoms with Gasteiger partial charge in [-0.1, -0.05) is 6.92 Å². The monoisotopic (exact) mass is 223 g/mol. The number of aliphatic carboxylic acids is 1.